The highest BCUT2D eigenvalue weighted by molar-refractivity contribution is 5.97. The molecule has 2 heterocycles. The SMILES string of the molecule is COc1cccc(COC(C)C(=O)Nc2ccccc2N2CCN(CCc3ccncc3)CC2)c1. The third-order valence-electron chi connectivity index (χ3n) is 6.34. The first kappa shape index (κ1) is 24.7. The van der Waals surface area contributed by atoms with Gasteiger partial charge in [-0.15, -0.1) is 0 Å². The molecule has 184 valence electrons. The topological polar surface area (TPSA) is 66.9 Å². The van der Waals surface area contributed by atoms with E-state index in [2.05, 4.69) is 38.3 Å². The van der Waals surface area contributed by atoms with Crippen LogP contribution >= 0.6 is 0 Å². The predicted octanol–water partition coefficient (Wildman–Crippen LogP) is 4.00. The van der Waals surface area contributed by atoms with Crippen LogP contribution in [0.5, 0.6) is 5.75 Å². The molecule has 35 heavy (non-hydrogen) atoms. The summed E-state index contributed by atoms with van der Waals surface area (Å²) in [4.78, 5) is 21.8. The number of carbonyl (C=O) groups excluding carboxylic acids is 1. The molecule has 0 bridgehead atoms. The molecular formula is C28H34N4O3. The second-order valence-electron chi connectivity index (χ2n) is 8.75. The minimum Gasteiger partial charge on any atom is -0.497 e. The Labute approximate surface area is 207 Å². The van der Waals surface area contributed by atoms with Crippen LogP contribution in [0, 0.1) is 0 Å². The van der Waals surface area contributed by atoms with Gasteiger partial charge in [0, 0.05) is 45.1 Å². The van der Waals surface area contributed by atoms with Gasteiger partial charge >= 0.3 is 0 Å². The fourth-order valence-corrected chi connectivity index (χ4v) is 4.20. The summed E-state index contributed by atoms with van der Waals surface area (Å²) < 4.78 is 11.1. The van der Waals surface area contributed by atoms with E-state index in [1.807, 2.05) is 54.9 Å². The Morgan fingerprint density at radius 3 is 2.54 bits per heavy atom. The van der Waals surface area contributed by atoms with Gasteiger partial charge in [0.2, 0.25) is 0 Å². The van der Waals surface area contributed by atoms with Gasteiger partial charge in [-0.2, -0.15) is 0 Å². The number of amides is 1. The van der Waals surface area contributed by atoms with E-state index in [9.17, 15) is 4.79 Å². The fraction of sp³-hybridized carbons (Fsp3) is 0.357. The lowest BCUT2D eigenvalue weighted by Crippen LogP contribution is -2.47. The standard InChI is InChI=1S/C28H34N4O3/c1-22(35-21-24-6-5-7-25(20-24)34-2)28(33)30-26-8-3-4-9-27(26)32-18-16-31(17-19-32)15-12-23-10-13-29-14-11-23/h3-11,13-14,20,22H,12,15-19,21H2,1-2H3,(H,30,33). The van der Waals surface area contributed by atoms with Crippen molar-refractivity contribution in [2.24, 2.45) is 0 Å². The van der Waals surface area contributed by atoms with Crippen molar-refractivity contribution < 1.29 is 14.3 Å². The van der Waals surface area contributed by atoms with E-state index in [1.165, 1.54) is 5.56 Å². The van der Waals surface area contributed by atoms with Gasteiger partial charge in [0.05, 0.1) is 25.1 Å². The monoisotopic (exact) mass is 474 g/mol. The van der Waals surface area contributed by atoms with Gasteiger partial charge in [-0.1, -0.05) is 24.3 Å². The Kier molecular flexibility index (Phi) is 8.70. The van der Waals surface area contributed by atoms with Crippen molar-refractivity contribution in [2.75, 3.05) is 50.1 Å². The Balaban J connectivity index is 1.28. The molecule has 0 radical (unpaired) electrons. The second-order valence-corrected chi connectivity index (χ2v) is 8.75. The highest BCUT2D eigenvalue weighted by Crippen LogP contribution is 2.27. The summed E-state index contributed by atoms with van der Waals surface area (Å²) in [5, 5.41) is 3.07. The largest absolute Gasteiger partial charge is 0.497 e. The number of nitrogens with zero attached hydrogens (tertiary/aromatic N) is 3. The van der Waals surface area contributed by atoms with Gasteiger partial charge in [0.25, 0.3) is 5.91 Å². The number of pyridine rings is 1. The molecule has 1 aromatic heterocycles. The first-order valence-electron chi connectivity index (χ1n) is 12.1. The molecule has 2 aromatic carbocycles. The van der Waals surface area contributed by atoms with Crippen LogP contribution in [0.2, 0.25) is 0 Å². The molecule has 3 aromatic rings. The molecule has 0 aliphatic carbocycles. The summed E-state index contributed by atoms with van der Waals surface area (Å²) in [7, 11) is 1.63. The summed E-state index contributed by atoms with van der Waals surface area (Å²) in [6.45, 7) is 6.99. The lowest BCUT2D eigenvalue weighted by molar-refractivity contribution is -0.127. The molecule has 7 nitrogen and oxygen atoms in total. The molecule has 1 fully saturated rings. The number of para-hydroxylation sites is 2. The number of benzene rings is 2. The van der Waals surface area contributed by atoms with Gasteiger partial charge in [-0.25, -0.2) is 0 Å². The second kappa shape index (κ2) is 12.3. The number of nitrogens with one attached hydrogen (secondary N) is 1. The van der Waals surface area contributed by atoms with Crippen molar-refractivity contribution in [2.45, 2.75) is 26.1 Å². The first-order chi connectivity index (χ1) is 17.1. The number of piperazine rings is 1. The number of hydrogen-bond acceptors (Lipinski definition) is 6. The highest BCUT2D eigenvalue weighted by Gasteiger charge is 2.21. The van der Waals surface area contributed by atoms with E-state index < -0.39 is 6.10 Å². The minimum atomic E-state index is -0.584. The lowest BCUT2D eigenvalue weighted by Gasteiger charge is -2.37. The number of ether oxygens (including phenoxy) is 2. The van der Waals surface area contributed by atoms with Crippen molar-refractivity contribution in [1.29, 1.82) is 0 Å². The molecule has 1 unspecified atom stereocenters. The normalized spacial score (nSPS) is 15.0. The Bertz CT molecular complexity index is 1080. The molecule has 0 spiro atoms. The van der Waals surface area contributed by atoms with Crippen LogP contribution in [-0.4, -0.2) is 61.7 Å². The molecule has 1 aliphatic heterocycles. The zero-order valence-corrected chi connectivity index (χ0v) is 20.5. The summed E-state index contributed by atoms with van der Waals surface area (Å²) in [5.41, 5.74) is 4.15. The third kappa shape index (κ3) is 7.04. The molecule has 1 saturated heterocycles. The lowest BCUT2D eigenvalue weighted by atomic mass is 10.1. The molecule has 1 amide bonds. The van der Waals surface area contributed by atoms with Crippen LogP contribution in [-0.2, 0) is 22.6 Å². The summed E-state index contributed by atoms with van der Waals surface area (Å²) in [5.74, 6) is 0.617. The number of carbonyl (C=O) groups is 1. The molecule has 1 atom stereocenters. The van der Waals surface area contributed by atoms with Gasteiger partial charge in [0.15, 0.2) is 0 Å². The molecule has 7 heteroatoms. The van der Waals surface area contributed by atoms with Crippen LogP contribution in [0.4, 0.5) is 11.4 Å². The number of aromatic nitrogens is 1. The zero-order valence-electron chi connectivity index (χ0n) is 20.5. The molecule has 4 rings (SSSR count). The third-order valence-corrected chi connectivity index (χ3v) is 6.34. The number of anilines is 2. The predicted molar refractivity (Wildman–Crippen MR) is 139 cm³/mol. The number of hydrogen-bond donors (Lipinski definition) is 1. The van der Waals surface area contributed by atoms with Gasteiger partial charge in [-0.3, -0.25) is 14.7 Å². The number of methoxy groups -OCH3 is 1. The van der Waals surface area contributed by atoms with E-state index in [0.29, 0.717) is 6.61 Å². The van der Waals surface area contributed by atoms with E-state index in [4.69, 9.17) is 9.47 Å². The maximum Gasteiger partial charge on any atom is 0.253 e. The van der Waals surface area contributed by atoms with Gasteiger partial charge < -0.3 is 19.7 Å². The average molecular weight is 475 g/mol. The maximum atomic E-state index is 12.9. The van der Waals surface area contributed by atoms with Crippen molar-refractivity contribution in [3.8, 4) is 5.75 Å². The zero-order chi connectivity index (χ0) is 24.5. The van der Waals surface area contributed by atoms with Crippen LogP contribution in [0.1, 0.15) is 18.1 Å². The molecular weight excluding hydrogens is 440 g/mol. The minimum absolute atomic E-state index is 0.156. The van der Waals surface area contributed by atoms with Gasteiger partial charge in [-0.05, 0) is 60.9 Å². The molecule has 1 aliphatic rings. The van der Waals surface area contributed by atoms with E-state index in [1.54, 1.807) is 14.0 Å². The number of rotatable bonds is 10. The van der Waals surface area contributed by atoms with Crippen LogP contribution < -0.4 is 15.0 Å². The summed E-state index contributed by atoms with van der Waals surface area (Å²) in [6, 6.07) is 19.8. The molecule has 1 N–H and O–H groups in total. The van der Waals surface area contributed by atoms with Crippen molar-refractivity contribution in [3.63, 3.8) is 0 Å². The van der Waals surface area contributed by atoms with E-state index >= 15 is 0 Å². The van der Waals surface area contributed by atoms with Crippen LogP contribution in [0.3, 0.4) is 0 Å². The smallest absolute Gasteiger partial charge is 0.253 e. The highest BCUT2D eigenvalue weighted by atomic mass is 16.5. The van der Waals surface area contributed by atoms with Crippen LogP contribution in [0.15, 0.2) is 73.1 Å². The summed E-state index contributed by atoms with van der Waals surface area (Å²) in [6.07, 6.45) is 4.15. The Hall–Kier alpha value is -3.42. The van der Waals surface area contributed by atoms with Crippen LogP contribution in [0.25, 0.3) is 0 Å². The van der Waals surface area contributed by atoms with E-state index in [-0.39, 0.29) is 5.91 Å². The maximum absolute atomic E-state index is 12.9. The first-order valence-corrected chi connectivity index (χ1v) is 12.1. The summed E-state index contributed by atoms with van der Waals surface area (Å²) >= 11 is 0. The Morgan fingerprint density at radius 2 is 1.77 bits per heavy atom. The molecule has 0 saturated carbocycles. The quantitative estimate of drug-likeness (QED) is 0.479. The van der Waals surface area contributed by atoms with Crippen molar-refractivity contribution in [3.05, 3.63) is 84.2 Å². The van der Waals surface area contributed by atoms with Gasteiger partial charge in [0.1, 0.15) is 11.9 Å². The fourth-order valence-electron chi connectivity index (χ4n) is 4.20. The van der Waals surface area contributed by atoms with E-state index in [0.717, 1.165) is 61.8 Å². The van der Waals surface area contributed by atoms with Crippen molar-refractivity contribution in [1.82, 2.24) is 9.88 Å². The average Bonchev–Trinajstić information content (AvgIpc) is 2.92. The van der Waals surface area contributed by atoms with Crippen molar-refractivity contribution >= 4 is 17.3 Å². The Morgan fingerprint density at radius 1 is 1.00 bits per heavy atom.